The van der Waals surface area contributed by atoms with Crippen LogP contribution < -0.4 is 20.1 Å². The Morgan fingerprint density at radius 3 is 2.60 bits per heavy atom. The molecule has 2 aliphatic heterocycles. The number of nitrogens with one attached hydrogen (secondary N) is 2. The van der Waals surface area contributed by atoms with Gasteiger partial charge in [-0.2, -0.15) is 0 Å². The standard InChI is InChI=1S/C18H20N2O5/c1-24-16-6-10-5-12(18(22)23)15(21)3-4-20-14-9-19-8-13(14)11(10)7-17(16)25-2/h3-7,13-14,19-20H,8-9H2,1-2H3,(H,22,23)/b4-3-,12-5+. The van der Waals surface area contributed by atoms with Crippen LogP contribution in [-0.4, -0.2) is 50.2 Å². The maximum Gasteiger partial charge on any atom is 0.339 e. The van der Waals surface area contributed by atoms with Crippen LogP contribution in [-0.2, 0) is 9.59 Å². The van der Waals surface area contributed by atoms with E-state index in [1.54, 1.807) is 13.2 Å². The summed E-state index contributed by atoms with van der Waals surface area (Å²) in [6.45, 7) is 1.48. The van der Waals surface area contributed by atoms with Gasteiger partial charge in [0.15, 0.2) is 17.3 Å². The summed E-state index contributed by atoms with van der Waals surface area (Å²) in [7, 11) is 3.07. The molecule has 25 heavy (non-hydrogen) atoms. The van der Waals surface area contributed by atoms with Gasteiger partial charge in [-0.1, -0.05) is 0 Å². The Labute approximate surface area is 145 Å². The number of hydrogen-bond donors (Lipinski definition) is 3. The van der Waals surface area contributed by atoms with Gasteiger partial charge in [0, 0.05) is 37.3 Å². The van der Waals surface area contributed by atoms with Crippen LogP contribution in [0.1, 0.15) is 17.0 Å². The van der Waals surface area contributed by atoms with Gasteiger partial charge in [0.1, 0.15) is 5.57 Å². The highest BCUT2D eigenvalue weighted by Crippen LogP contribution is 2.37. The Morgan fingerprint density at radius 2 is 1.92 bits per heavy atom. The fourth-order valence-corrected chi connectivity index (χ4v) is 3.27. The number of carboxylic acid groups (broad SMARTS) is 1. The summed E-state index contributed by atoms with van der Waals surface area (Å²) in [4.78, 5) is 23.7. The van der Waals surface area contributed by atoms with E-state index in [-0.39, 0.29) is 17.5 Å². The maximum absolute atomic E-state index is 12.2. The molecule has 3 rings (SSSR count). The third-order valence-corrected chi connectivity index (χ3v) is 4.54. The summed E-state index contributed by atoms with van der Waals surface area (Å²) < 4.78 is 10.7. The summed E-state index contributed by atoms with van der Waals surface area (Å²) in [5.41, 5.74) is 1.25. The van der Waals surface area contributed by atoms with Gasteiger partial charge >= 0.3 is 5.97 Å². The number of ketones is 1. The predicted molar refractivity (Wildman–Crippen MR) is 91.8 cm³/mol. The van der Waals surface area contributed by atoms with E-state index in [1.807, 2.05) is 6.07 Å². The first-order chi connectivity index (χ1) is 12.0. The molecular formula is C18H20N2O5. The number of rotatable bonds is 3. The molecule has 7 nitrogen and oxygen atoms in total. The lowest BCUT2D eigenvalue weighted by molar-refractivity contribution is -0.133. The summed E-state index contributed by atoms with van der Waals surface area (Å²) in [5.74, 6) is -0.685. The highest BCUT2D eigenvalue weighted by Gasteiger charge is 2.31. The molecule has 0 radical (unpaired) electrons. The molecule has 2 aliphatic rings. The molecule has 2 heterocycles. The second kappa shape index (κ2) is 6.98. The van der Waals surface area contributed by atoms with Gasteiger partial charge in [-0.25, -0.2) is 4.79 Å². The van der Waals surface area contributed by atoms with E-state index in [0.29, 0.717) is 17.1 Å². The average Bonchev–Trinajstić information content (AvgIpc) is 3.06. The van der Waals surface area contributed by atoms with Crippen molar-refractivity contribution in [3.05, 3.63) is 41.1 Å². The third kappa shape index (κ3) is 3.23. The van der Waals surface area contributed by atoms with Crippen LogP contribution in [0.3, 0.4) is 0 Å². The molecule has 132 valence electrons. The lowest BCUT2D eigenvalue weighted by atomic mass is 9.88. The quantitative estimate of drug-likeness (QED) is 0.701. The number of carbonyl (C=O) groups is 2. The number of carboxylic acids is 1. The minimum Gasteiger partial charge on any atom is -0.493 e. The van der Waals surface area contributed by atoms with Crippen molar-refractivity contribution in [1.82, 2.24) is 10.6 Å². The van der Waals surface area contributed by atoms with Gasteiger partial charge < -0.3 is 25.2 Å². The van der Waals surface area contributed by atoms with Crippen molar-refractivity contribution in [3.63, 3.8) is 0 Å². The monoisotopic (exact) mass is 344 g/mol. The van der Waals surface area contributed by atoms with Gasteiger partial charge in [0.05, 0.1) is 14.2 Å². The first-order valence-corrected chi connectivity index (χ1v) is 7.93. The molecule has 7 heteroatoms. The highest BCUT2D eigenvalue weighted by molar-refractivity contribution is 6.24. The van der Waals surface area contributed by atoms with Crippen molar-refractivity contribution < 1.29 is 24.2 Å². The Hall–Kier alpha value is -2.80. The highest BCUT2D eigenvalue weighted by atomic mass is 16.5. The Kier molecular flexibility index (Phi) is 4.76. The van der Waals surface area contributed by atoms with Crippen LogP contribution in [0.4, 0.5) is 0 Å². The van der Waals surface area contributed by atoms with E-state index in [0.717, 1.165) is 18.7 Å². The minimum absolute atomic E-state index is 0.0840. The van der Waals surface area contributed by atoms with E-state index >= 15 is 0 Å². The van der Waals surface area contributed by atoms with Crippen LogP contribution in [0.5, 0.6) is 11.5 Å². The van der Waals surface area contributed by atoms with Crippen molar-refractivity contribution in [2.24, 2.45) is 0 Å². The number of carbonyl (C=O) groups excluding carboxylic acids is 1. The second-order valence-electron chi connectivity index (χ2n) is 5.93. The normalized spacial score (nSPS) is 25.7. The summed E-state index contributed by atoms with van der Waals surface area (Å²) in [6, 6.07) is 3.65. The van der Waals surface area contributed by atoms with Crippen LogP contribution in [0.2, 0.25) is 0 Å². The largest absolute Gasteiger partial charge is 0.493 e. The number of aliphatic carboxylic acids is 1. The molecule has 1 aromatic rings. The van der Waals surface area contributed by atoms with Crippen molar-refractivity contribution in [2.45, 2.75) is 12.0 Å². The van der Waals surface area contributed by atoms with Crippen molar-refractivity contribution >= 4 is 17.8 Å². The van der Waals surface area contributed by atoms with Crippen molar-refractivity contribution in [3.8, 4) is 11.5 Å². The van der Waals surface area contributed by atoms with E-state index in [2.05, 4.69) is 10.6 Å². The molecule has 1 aromatic carbocycles. The topological polar surface area (TPSA) is 96.9 Å². The summed E-state index contributed by atoms with van der Waals surface area (Å²) in [5, 5.41) is 15.9. The number of fused-ring (bicyclic) bond motifs is 3. The minimum atomic E-state index is -1.27. The number of methoxy groups -OCH3 is 2. The third-order valence-electron chi connectivity index (χ3n) is 4.54. The molecule has 2 unspecified atom stereocenters. The average molecular weight is 344 g/mol. The maximum atomic E-state index is 12.2. The lowest BCUT2D eigenvalue weighted by Crippen LogP contribution is -2.32. The number of ether oxygens (including phenoxy) is 2. The number of benzene rings is 1. The van der Waals surface area contributed by atoms with E-state index in [1.165, 1.54) is 25.5 Å². The van der Waals surface area contributed by atoms with Gasteiger partial charge in [-0.05, 0) is 29.3 Å². The molecule has 1 fully saturated rings. The summed E-state index contributed by atoms with van der Waals surface area (Å²) in [6.07, 6.45) is 4.18. The van der Waals surface area contributed by atoms with Crippen LogP contribution in [0, 0.1) is 0 Å². The van der Waals surface area contributed by atoms with Crippen molar-refractivity contribution in [2.75, 3.05) is 27.3 Å². The van der Waals surface area contributed by atoms with Gasteiger partial charge in [0.2, 0.25) is 0 Å². The molecule has 0 spiro atoms. The van der Waals surface area contributed by atoms with Crippen LogP contribution >= 0.6 is 0 Å². The molecular weight excluding hydrogens is 324 g/mol. The Bertz CT molecular complexity index is 769. The molecule has 0 bridgehead atoms. The summed E-state index contributed by atoms with van der Waals surface area (Å²) >= 11 is 0. The molecule has 3 N–H and O–H groups in total. The molecule has 0 amide bonds. The zero-order chi connectivity index (χ0) is 18.0. The lowest BCUT2D eigenvalue weighted by Gasteiger charge is -2.23. The SMILES string of the molecule is COc1cc2c(cc1OC)C1CNCC1N/C=C\C(=O)/C(C(=O)O)=C\2. The molecule has 1 saturated heterocycles. The van der Waals surface area contributed by atoms with Gasteiger partial charge in [-0.15, -0.1) is 0 Å². The van der Waals surface area contributed by atoms with E-state index in [9.17, 15) is 14.7 Å². The predicted octanol–water partition coefficient (Wildman–Crippen LogP) is 0.913. The van der Waals surface area contributed by atoms with Crippen LogP contribution in [0.25, 0.3) is 6.08 Å². The zero-order valence-electron chi connectivity index (χ0n) is 14.0. The fraction of sp³-hybridized carbons (Fsp3) is 0.333. The Morgan fingerprint density at radius 1 is 1.20 bits per heavy atom. The molecule has 2 atom stereocenters. The first kappa shape index (κ1) is 17.0. The zero-order valence-corrected chi connectivity index (χ0v) is 14.0. The fourth-order valence-electron chi connectivity index (χ4n) is 3.27. The Balaban J connectivity index is 2.24. The number of hydrogen-bond acceptors (Lipinski definition) is 6. The smallest absolute Gasteiger partial charge is 0.339 e. The van der Waals surface area contributed by atoms with Gasteiger partial charge in [0.25, 0.3) is 0 Å². The van der Waals surface area contributed by atoms with Crippen molar-refractivity contribution in [1.29, 1.82) is 0 Å². The van der Waals surface area contributed by atoms with E-state index in [4.69, 9.17) is 9.47 Å². The molecule has 0 aliphatic carbocycles. The van der Waals surface area contributed by atoms with E-state index < -0.39 is 11.8 Å². The second-order valence-corrected chi connectivity index (χ2v) is 5.93. The first-order valence-electron chi connectivity index (χ1n) is 7.93. The van der Waals surface area contributed by atoms with Gasteiger partial charge in [-0.3, -0.25) is 4.79 Å². The van der Waals surface area contributed by atoms with Crippen LogP contribution in [0.15, 0.2) is 30.0 Å². The molecule has 0 aromatic heterocycles. The number of allylic oxidation sites excluding steroid dienone is 1. The molecule has 0 saturated carbocycles.